The molecule has 1 amide bonds. The molecular weight excluding hydrogens is 293 g/mol. The quantitative estimate of drug-likeness (QED) is 0.930. The molecule has 2 aliphatic rings. The molecule has 0 aromatic heterocycles. The van der Waals surface area contributed by atoms with E-state index in [-0.39, 0.29) is 23.2 Å². The summed E-state index contributed by atoms with van der Waals surface area (Å²) in [5, 5.41) is 0. The average molecular weight is 319 g/mol. The molecule has 2 N–H and O–H groups in total. The Kier molecular flexibility index (Phi) is 4.43. The summed E-state index contributed by atoms with van der Waals surface area (Å²) in [4.78, 5) is 17.1. The highest BCUT2D eigenvalue weighted by Gasteiger charge is 2.41. The number of aryl methyl sites for hydroxylation is 1. The molecule has 3 rings (SSSR count). The number of rotatable bonds is 3. The van der Waals surface area contributed by atoms with Gasteiger partial charge >= 0.3 is 0 Å². The number of nitrogens with zero attached hydrogens (tertiary/aromatic N) is 2. The van der Waals surface area contributed by atoms with Crippen LogP contribution in [0, 0.1) is 18.2 Å². The van der Waals surface area contributed by atoms with Crippen molar-refractivity contribution in [2.75, 3.05) is 31.1 Å². The molecule has 0 saturated carbocycles. The Balaban J connectivity index is 1.79. The van der Waals surface area contributed by atoms with E-state index in [0.717, 1.165) is 43.6 Å². The minimum absolute atomic E-state index is 0.0680. The first kappa shape index (κ1) is 16.4. The Labute approximate surface area is 137 Å². The van der Waals surface area contributed by atoms with Crippen LogP contribution in [0.1, 0.15) is 31.7 Å². The van der Waals surface area contributed by atoms with Crippen LogP contribution in [-0.2, 0) is 4.79 Å². The molecule has 1 aromatic rings. The molecule has 0 aliphatic carbocycles. The molecule has 2 aliphatic heterocycles. The third-order valence-corrected chi connectivity index (χ3v) is 5.38. The number of halogens is 1. The van der Waals surface area contributed by atoms with Crippen LogP contribution in [0.5, 0.6) is 0 Å². The first-order chi connectivity index (χ1) is 10.9. The fourth-order valence-corrected chi connectivity index (χ4v) is 3.85. The van der Waals surface area contributed by atoms with Crippen molar-refractivity contribution in [2.45, 2.75) is 39.2 Å². The van der Waals surface area contributed by atoms with Gasteiger partial charge in [-0.3, -0.25) is 9.69 Å². The number of nitrogens with two attached hydrogens (primary N) is 1. The average Bonchev–Trinajstić information content (AvgIpc) is 2.91. The van der Waals surface area contributed by atoms with Crippen LogP contribution in [0.4, 0.5) is 10.1 Å². The summed E-state index contributed by atoms with van der Waals surface area (Å²) < 4.78 is 13.3. The number of likely N-dealkylation sites (tertiary alicyclic amines) is 1. The predicted octanol–water partition coefficient (Wildman–Crippen LogP) is 2.30. The maximum Gasteiger partial charge on any atom is 0.244 e. The first-order valence-electron chi connectivity index (χ1n) is 8.45. The van der Waals surface area contributed by atoms with Gasteiger partial charge in [0.1, 0.15) is 5.82 Å². The van der Waals surface area contributed by atoms with E-state index in [0.29, 0.717) is 13.1 Å². The van der Waals surface area contributed by atoms with Crippen LogP contribution in [0.2, 0.25) is 0 Å². The van der Waals surface area contributed by atoms with Gasteiger partial charge in [-0.15, -0.1) is 0 Å². The Morgan fingerprint density at radius 3 is 2.83 bits per heavy atom. The van der Waals surface area contributed by atoms with Crippen LogP contribution in [0.3, 0.4) is 0 Å². The van der Waals surface area contributed by atoms with E-state index in [1.165, 1.54) is 12.1 Å². The summed E-state index contributed by atoms with van der Waals surface area (Å²) in [5.74, 6) is -0.113. The Bertz CT molecular complexity index is 606. The fraction of sp³-hybridized carbons (Fsp3) is 0.611. The largest absolute Gasteiger partial charge is 0.330 e. The SMILES string of the molecule is Cc1cc(F)ccc1N1CCCC(N2CCC(C)(CN)C2)C1=O. The summed E-state index contributed by atoms with van der Waals surface area (Å²) in [6.45, 7) is 7.24. The van der Waals surface area contributed by atoms with Crippen LogP contribution in [-0.4, -0.2) is 43.0 Å². The normalized spacial score (nSPS) is 29.3. The number of piperidine rings is 1. The maximum atomic E-state index is 13.3. The molecule has 0 bridgehead atoms. The van der Waals surface area contributed by atoms with E-state index in [9.17, 15) is 9.18 Å². The summed E-state index contributed by atoms with van der Waals surface area (Å²) in [5.41, 5.74) is 7.66. The second-order valence-corrected chi connectivity index (χ2v) is 7.31. The van der Waals surface area contributed by atoms with Crippen LogP contribution >= 0.6 is 0 Å². The van der Waals surface area contributed by atoms with Crippen molar-refractivity contribution in [1.29, 1.82) is 0 Å². The molecule has 2 saturated heterocycles. The molecule has 126 valence electrons. The summed E-state index contributed by atoms with van der Waals surface area (Å²) in [6, 6.07) is 4.58. The number of anilines is 1. The third-order valence-electron chi connectivity index (χ3n) is 5.38. The number of benzene rings is 1. The first-order valence-corrected chi connectivity index (χ1v) is 8.45. The number of hydrogen-bond donors (Lipinski definition) is 1. The molecule has 2 fully saturated rings. The second-order valence-electron chi connectivity index (χ2n) is 7.31. The van der Waals surface area contributed by atoms with E-state index in [2.05, 4.69) is 11.8 Å². The zero-order valence-electron chi connectivity index (χ0n) is 14.0. The molecule has 2 unspecified atom stereocenters. The lowest BCUT2D eigenvalue weighted by atomic mass is 9.90. The smallest absolute Gasteiger partial charge is 0.244 e. The highest BCUT2D eigenvalue weighted by atomic mass is 19.1. The molecule has 1 aromatic carbocycles. The molecule has 23 heavy (non-hydrogen) atoms. The molecule has 5 heteroatoms. The molecule has 2 atom stereocenters. The minimum atomic E-state index is -0.259. The highest BCUT2D eigenvalue weighted by molar-refractivity contribution is 5.98. The van der Waals surface area contributed by atoms with E-state index < -0.39 is 0 Å². The third kappa shape index (κ3) is 3.12. The topological polar surface area (TPSA) is 49.6 Å². The molecule has 4 nitrogen and oxygen atoms in total. The number of carbonyl (C=O) groups is 1. The maximum absolute atomic E-state index is 13.3. The van der Waals surface area contributed by atoms with Crippen molar-refractivity contribution in [3.63, 3.8) is 0 Å². The van der Waals surface area contributed by atoms with Gasteiger partial charge in [0.15, 0.2) is 0 Å². The van der Waals surface area contributed by atoms with Crippen LogP contribution in [0.15, 0.2) is 18.2 Å². The Morgan fingerprint density at radius 1 is 1.39 bits per heavy atom. The molecule has 2 heterocycles. The van der Waals surface area contributed by atoms with Gasteiger partial charge in [-0.25, -0.2) is 4.39 Å². The highest BCUT2D eigenvalue weighted by Crippen LogP contribution is 2.34. The zero-order valence-corrected chi connectivity index (χ0v) is 14.0. The Hall–Kier alpha value is -1.46. The van der Waals surface area contributed by atoms with Crippen LogP contribution < -0.4 is 10.6 Å². The summed E-state index contributed by atoms with van der Waals surface area (Å²) in [6.07, 6.45) is 2.92. The zero-order chi connectivity index (χ0) is 16.6. The Morgan fingerprint density at radius 2 is 2.17 bits per heavy atom. The van der Waals surface area contributed by atoms with Gasteiger partial charge in [-0.1, -0.05) is 6.92 Å². The minimum Gasteiger partial charge on any atom is -0.330 e. The van der Waals surface area contributed by atoms with Gasteiger partial charge in [-0.05, 0) is 68.5 Å². The van der Waals surface area contributed by atoms with Gasteiger partial charge in [0.25, 0.3) is 0 Å². The molecular formula is C18H26FN3O. The van der Waals surface area contributed by atoms with Gasteiger partial charge in [0.05, 0.1) is 6.04 Å². The van der Waals surface area contributed by atoms with E-state index in [4.69, 9.17) is 5.73 Å². The van der Waals surface area contributed by atoms with Gasteiger partial charge in [0, 0.05) is 18.8 Å². The standard InChI is InChI=1S/C18H26FN3O/c1-13-10-14(19)5-6-15(13)22-8-3-4-16(17(22)23)21-9-7-18(2,11-20)12-21/h5-6,10,16H,3-4,7-9,11-12,20H2,1-2H3. The summed E-state index contributed by atoms with van der Waals surface area (Å²) in [7, 11) is 0. The lowest BCUT2D eigenvalue weighted by Crippen LogP contribution is -2.52. The number of hydrogen-bond acceptors (Lipinski definition) is 3. The summed E-state index contributed by atoms with van der Waals surface area (Å²) >= 11 is 0. The van der Waals surface area contributed by atoms with Gasteiger partial charge in [-0.2, -0.15) is 0 Å². The second kappa shape index (κ2) is 6.21. The molecule has 0 spiro atoms. The monoisotopic (exact) mass is 319 g/mol. The van der Waals surface area contributed by atoms with Crippen molar-refractivity contribution < 1.29 is 9.18 Å². The fourth-order valence-electron chi connectivity index (χ4n) is 3.85. The lowest BCUT2D eigenvalue weighted by molar-refractivity contribution is -0.125. The van der Waals surface area contributed by atoms with Crippen molar-refractivity contribution >= 4 is 11.6 Å². The van der Waals surface area contributed by atoms with Crippen molar-refractivity contribution in [2.24, 2.45) is 11.1 Å². The van der Waals surface area contributed by atoms with Crippen molar-refractivity contribution in [1.82, 2.24) is 4.90 Å². The number of amides is 1. The van der Waals surface area contributed by atoms with E-state index in [1.54, 1.807) is 6.07 Å². The lowest BCUT2D eigenvalue weighted by Gasteiger charge is -2.38. The molecule has 0 radical (unpaired) electrons. The van der Waals surface area contributed by atoms with Crippen molar-refractivity contribution in [3.05, 3.63) is 29.6 Å². The van der Waals surface area contributed by atoms with Gasteiger partial charge < -0.3 is 10.6 Å². The van der Waals surface area contributed by atoms with E-state index >= 15 is 0 Å². The van der Waals surface area contributed by atoms with Crippen molar-refractivity contribution in [3.8, 4) is 0 Å². The number of carbonyl (C=O) groups excluding carboxylic acids is 1. The van der Waals surface area contributed by atoms with Crippen LogP contribution in [0.25, 0.3) is 0 Å². The van der Waals surface area contributed by atoms with E-state index in [1.807, 2.05) is 11.8 Å². The van der Waals surface area contributed by atoms with Gasteiger partial charge in [0.2, 0.25) is 5.91 Å². The predicted molar refractivity (Wildman–Crippen MR) is 89.9 cm³/mol.